The molecular formula is C68H86Cl2N10O12S2. The lowest BCUT2D eigenvalue weighted by molar-refractivity contribution is -0.123. The van der Waals surface area contributed by atoms with E-state index in [4.69, 9.17) is 48.7 Å². The quantitative estimate of drug-likeness (QED) is 0.0270. The number of nitrogens with zero attached hydrogens (tertiary/aromatic N) is 6. The Kier molecular flexibility index (Phi) is 25.2. The number of piperazine rings is 1. The highest BCUT2D eigenvalue weighted by Crippen LogP contribution is 2.45. The lowest BCUT2D eigenvalue weighted by Crippen LogP contribution is -2.50. The number of fused-ring (bicyclic) bond motifs is 2. The normalized spacial score (nSPS) is 21.8. The van der Waals surface area contributed by atoms with Crippen LogP contribution in [0, 0.1) is 29.7 Å². The lowest BCUT2D eigenvalue weighted by atomic mass is 10.0. The van der Waals surface area contributed by atoms with Gasteiger partial charge >= 0.3 is 6.03 Å². The van der Waals surface area contributed by atoms with Crippen molar-refractivity contribution in [3.63, 3.8) is 0 Å². The van der Waals surface area contributed by atoms with E-state index in [1.807, 2.05) is 12.1 Å². The molecule has 4 heterocycles. The summed E-state index contributed by atoms with van der Waals surface area (Å²) in [4.78, 5) is 64.1. The van der Waals surface area contributed by atoms with E-state index in [2.05, 4.69) is 51.2 Å². The molecule has 0 radical (unpaired) electrons. The number of piperidine rings is 1. The first-order valence-electron chi connectivity index (χ1n) is 33.1. The van der Waals surface area contributed by atoms with Crippen LogP contribution >= 0.6 is 23.2 Å². The van der Waals surface area contributed by atoms with Crippen molar-refractivity contribution in [1.29, 1.82) is 5.26 Å². The Morgan fingerprint density at radius 2 is 1.22 bits per heavy atom. The number of ether oxygens (including phenoxy) is 4. The van der Waals surface area contributed by atoms with Crippen molar-refractivity contribution in [2.45, 2.75) is 118 Å². The third kappa shape index (κ3) is 18.8. The van der Waals surface area contributed by atoms with Crippen LogP contribution in [0.4, 0.5) is 10.5 Å². The second-order valence-corrected chi connectivity index (χ2v) is 29.9. The molecule has 2 aliphatic carbocycles. The van der Waals surface area contributed by atoms with Crippen molar-refractivity contribution in [1.82, 2.24) is 40.3 Å². The zero-order valence-electron chi connectivity index (χ0n) is 53.2. The van der Waals surface area contributed by atoms with Gasteiger partial charge in [0.15, 0.2) is 21.3 Å². The van der Waals surface area contributed by atoms with Crippen LogP contribution in [0.3, 0.4) is 0 Å². The van der Waals surface area contributed by atoms with Gasteiger partial charge in [0.05, 0.1) is 65.8 Å². The van der Waals surface area contributed by atoms with Gasteiger partial charge in [0, 0.05) is 101 Å². The maximum absolute atomic E-state index is 13.5. The molecule has 0 aromatic heterocycles. The average Bonchev–Trinajstić information content (AvgIpc) is 1.62. The Bertz CT molecular complexity index is 3380. The molecule has 94 heavy (non-hydrogen) atoms. The summed E-state index contributed by atoms with van der Waals surface area (Å²) in [5, 5.41) is 19.8. The molecule has 0 bridgehead atoms. The van der Waals surface area contributed by atoms with E-state index in [0.29, 0.717) is 157 Å². The molecule has 22 nitrogen and oxygen atoms in total. The average molecular weight is 1370 g/mol. The number of nitriles is 1. The van der Waals surface area contributed by atoms with Gasteiger partial charge in [-0.1, -0.05) is 36.0 Å². The maximum Gasteiger partial charge on any atom is 0.314 e. The Labute approximate surface area is 562 Å². The third-order valence-electron chi connectivity index (χ3n) is 18.9. The standard InChI is InChI=1S/C68H86Cl2N10O12S2/c1-72-61-40-51(70)39-60-58(61)42-63(79-25-6-3-7-26-79)66(60)92-54-13-17-56(18-14-54)94(87,88)76-67(83)48-20-28-78(45-48)31-35-89-33-8-10-52(81)9-4-2-5-21-74-68(84)75-24-34-90-36-32-77-27-19-47(44-77)64(82)46-93(85,86)55-15-11-53(12-16-55)91-65-59-38-50(69)37-49(43-71)57(59)41-62(65)80-29-22-73-23-30-80/h11-18,37-40,47-48,62-63,65-66,73H,2-10,19-36,41-42,44-46H2,(H,76,83)(H2,74,75,84)/t47-,48-,62-,63-,65-,66-/m0/s1. The van der Waals surface area contributed by atoms with Gasteiger partial charge in [0.1, 0.15) is 35.2 Å². The highest BCUT2D eigenvalue weighted by Gasteiger charge is 2.42. The van der Waals surface area contributed by atoms with Gasteiger partial charge < -0.3 is 44.7 Å². The van der Waals surface area contributed by atoms with Crippen LogP contribution in [0.1, 0.15) is 111 Å². The molecule has 3 amide bonds. The summed E-state index contributed by atoms with van der Waals surface area (Å²) in [5.41, 5.74) is 4.65. The Morgan fingerprint density at radius 1 is 0.649 bits per heavy atom. The van der Waals surface area contributed by atoms with Gasteiger partial charge in [0.25, 0.3) is 10.0 Å². The minimum atomic E-state index is -4.15. The first kappa shape index (κ1) is 70.5. The number of rotatable bonds is 32. The van der Waals surface area contributed by atoms with Crippen molar-refractivity contribution in [3.8, 4) is 17.6 Å². The second kappa shape index (κ2) is 33.6. The summed E-state index contributed by atoms with van der Waals surface area (Å²) in [5.74, 6) is -1.27. The number of carbonyl (C=O) groups is 4. The van der Waals surface area contributed by atoms with Gasteiger partial charge in [-0.3, -0.25) is 24.2 Å². The smallest absolute Gasteiger partial charge is 0.314 e. The van der Waals surface area contributed by atoms with Crippen molar-refractivity contribution in [2.24, 2.45) is 11.8 Å². The van der Waals surface area contributed by atoms with Crippen molar-refractivity contribution >= 4 is 72.3 Å². The predicted octanol–water partition coefficient (Wildman–Crippen LogP) is 7.63. The molecule has 0 spiro atoms. The highest BCUT2D eigenvalue weighted by molar-refractivity contribution is 7.92. The summed E-state index contributed by atoms with van der Waals surface area (Å²) in [7, 11) is -8.07. The first-order valence-corrected chi connectivity index (χ1v) is 36.9. The molecule has 4 N–H and O–H groups in total. The molecule has 26 heteroatoms. The summed E-state index contributed by atoms with van der Waals surface area (Å²) >= 11 is 12.9. The largest absolute Gasteiger partial charge is 0.484 e. The zero-order chi connectivity index (χ0) is 66.2. The third-order valence-corrected chi connectivity index (χ3v) is 22.4. The van der Waals surface area contributed by atoms with Gasteiger partial charge in [-0.15, -0.1) is 0 Å². The molecule has 0 saturated carbocycles. The number of hydrogen-bond donors (Lipinski definition) is 4. The molecule has 4 aromatic carbocycles. The first-order chi connectivity index (χ1) is 45.4. The molecule has 10 rings (SSSR count). The summed E-state index contributed by atoms with van der Waals surface area (Å²) < 4.78 is 80.7. The topological polar surface area (TPSA) is 263 Å². The molecule has 506 valence electrons. The Hall–Kier alpha value is -6.26. The molecule has 4 aromatic rings. The van der Waals surface area contributed by atoms with Crippen LogP contribution in [0.25, 0.3) is 4.85 Å². The van der Waals surface area contributed by atoms with Crippen LogP contribution in [-0.2, 0) is 56.6 Å². The SMILES string of the molecule is [C-]#[N+]c1cc(Cl)cc2c1C[C@H](N1CCCCC1)[C@H]2Oc1ccc(S(=O)(=O)NC(=O)[C@H]2CCN(CCOCCCC(=O)CCCCCNC(=O)NCCOCCN3CC[C@H](C(=O)CS(=O)(=O)c4ccc(O[C@H]5c6cc(Cl)cc(C#N)c6C[C@@H]5N5CCNCC5)cc4)C3)C2)cc1. The number of Topliss-reactive ketones (excluding diaryl/α,β-unsaturated/α-hetero) is 2. The van der Waals surface area contributed by atoms with Gasteiger partial charge in [0.2, 0.25) is 5.91 Å². The predicted molar refractivity (Wildman–Crippen MR) is 356 cm³/mol. The number of halogens is 2. The van der Waals surface area contributed by atoms with Crippen LogP contribution in [0.5, 0.6) is 11.5 Å². The number of sulfone groups is 1. The number of likely N-dealkylation sites (tertiary alicyclic amines) is 3. The zero-order valence-corrected chi connectivity index (χ0v) is 56.3. The number of ketones is 2. The minimum Gasteiger partial charge on any atom is -0.484 e. The maximum atomic E-state index is 13.5. The number of amides is 3. The van der Waals surface area contributed by atoms with Crippen molar-refractivity contribution in [3.05, 3.63) is 122 Å². The summed E-state index contributed by atoms with van der Waals surface area (Å²) in [6.07, 6.45) is 8.63. The van der Waals surface area contributed by atoms with E-state index < -0.39 is 49.5 Å². The highest BCUT2D eigenvalue weighted by atomic mass is 35.5. The number of unbranched alkanes of at least 4 members (excludes halogenated alkanes) is 2. The molecule has 6 aliphatic rings. The Morgan fingerprint density at radius 3 is 1.88 bits per heavy atom. The number of sulfonamides is 1. The number of hydrogen-bond acceptors (Lipinski definition) is 18. The molecular weight excluding hydrogens is 1280 g/mol. The molecule has 4 fully saturated rings. The fourth-order valence-corrected chi connectivity index (χ4v) is 16.7. The number of carbonyl (C=O) groups excluding carboxylic acids is 4. The second-order valence-electron chi connectivity index (χ2n) is 25.3. The number of nitrogens with one attached hydrogen (secondary N) is 4. The number of urea groups is 1. The van der Waals surface area contributed by atoms with Crippen molar-refractivity contribution < 1.29 is 55.0 Å². The van der Waals surface area contributed by atoms with E-state index in [0.717, 1.165) is 93.6 Å². The van der Waals surface area contributed by atoms with Crippen LogP contribution in [0.15, 0.2) is 82.6 Å². The molecule has 4 saturated heterocycles. The van der Waals surface area contributed by atoms with Crippen LogP contribution < -0.4 is 30.1 Å². The van der Waals surface area contributed by atoms with E-state index >= 15 is 0 Å². The van der Waals surface area contributed by atoms with Gasteiger partial charge in [-0.25, -0.2) is 31.2 Å². The van der Waals surface area contributed by atoms with Crippen molar-refractivity contribution in [2.75, 3.05) is 124 Å². The van der Waals surface area contributed by atoms with Gasteiger partial charge in [-0.05, 0) is 179 Å². The summed E-state index contributed by atoms with van der Waals surface area (Å²) in [6, 6.07) is 21.3. The van der Waals surface area contributed by atoms with Crippen LogP contribution in [-0.4, -0.2) is 196 Å². The van der Waals surface area contributed by atoms with Crippen LogP contribution in [0.2, 0.25) is 10.0 Å². The molecule has 6 atom stereocenters. The van der Waals surface area contributed by atoms with E-state index in [9.17, 15) is 41.3 Å². The van der Waals surface area contributed by atoms with E-state index in [-0.39, 0.29) is 45.6 Å². The van der Waals surface area contributed by atoms with E-state index in [1.54, 1.807) is 36.4 Å². The molecule has 4 aliphatic heterocycles. The Balaban J connectivity index is 0.522. The van der Waals surface area contributed by atoms with Gasteiger partial charge in [-0.2, -0.15) is 5.26 Å². The monoisotopic (exact) mass is 1370 g/mol. The fourth-order valence-electron chi connectivity index (χ4n) is 13.8. The fraction of sp³-hybridized carbons (Fsp3) is 0.559. The van der Waals surface area contributed by atoms with E-state index in [1.165, 1.54) is 30.7 Å². The lowest BCUT2D eigenvalue weighted by Gasteiger charge is -2.36. The number of benzene rings is 4. The molecule has 0 unspecified atom stereocenters. The summed E-state index contributed by atoms with van der Waals surface area (Å²) in [6.45, 7) is 18.5. The minimum absolute atomic E-state index is 0.0126.